The van der Waals surface area contributed by atoms with E-state index in [9.17, 15) is 4.79 Å². The van der Waals surface area contributed by atoms with E-state index >= 15 is 0 Å². The maximum absolute atomic E-state index is 13.2. The van der Waals surface area contributed by atoms with Gasteiger partial charge in [-0.2, -0.15) is 10.4 Å². The first-order valence-corrected chi connectivity index (χ1v) is 9.34. The Balaban J connectivity index is 1.82. The molecule has 1 aliphatic rings. The minimum atomic E-state index is -0.885. The number of hydrogen-bond acceptors (Lipinski definition) is 4. The van der Waals surface area contributed by atoms with Crippen LogP contribution in [0.2, 0.25) is 5.02 Å². The molecule has 0 bridgehead atoms. The molecule has 2 heterocycles. The summed E-state index contributed by atoms with van der Waals surface area (Å²) in [7, 11) is 1.87. The van der Waals surface area contributed by atoms with Crippen LogP contribution in [-0.2, 0) is 11.8 Å². The van der Waals surface area contributed by atoms with E-state index in [1.165, 1.54) is 4.90 Å². The fourth-order valence-electron chi connectivity index (χ4n) is 3.46. The average molecular weight is 410 g/mol. The van der Waals surface area contributed by atoms with Gasteiger partial charge in [-0.3, -0.25) is 14.4 Å². The Bertz CT molecular complexity index is 1190. The number of anilines is 2. The third-order valence-electron chi connectivity index (χ3n) is 4.99. The zero-order valence-corrected chi connectivity index (χ0v) is 17.0. The number of aryl methyl sites for hydroxylation is 1. The second-order valence-electron chi connectivity index (χ2n) is 7.10. The van der Waals surface area contributed by atoms with Crippen molar-refractivity contribution in [2.24, 2.45) is 7.05 Å². The number of thiocarbonyl (C=S) groups is 1. The number of carbonyl (C=O) groups excluding carboxylic acids is 1. The molecule has 1 fully saturated rings. The molecule has 2 aromatic carbocycles. The van der Waals surface area contributed by atoms with Crippen LogP contribution in [0.15, 0.2) is 42.6 Å². The largest absolute Gasteiger partial charge is 0.303 e. The number of nitrogens with zero attached hydrogens (tertiary/aromatic N) is 5. The van der Waals surface area contributed by atoms with Gasteiger partial charge in [-0.15, -0.1) is 0 Å². The first kappa shape index (κ1) is 18.4. The number of rotatable bonds is 2. The zero-order valence-electron chi connectivity index (χ0n) is 15.5. The van der Waals surface area contributed by atoms with Gasteiger partial charge >= 0.3 is 0 Å². The fraction of sp³-hybridized carbons (Fsp3) is 0.200. The SMILES string of the molecule is Cn1ncc2ccc(N3C(=S)N(c4ccc(C#N)c(Cl)c4)C(=O)C3(C)C)cc21. The molecule has 0 radical (unpaired) electrons. The molecule has 0 unspecified atom stereocenters. The molecule has 1 aliphatic heterocycles. The summed E-state index contributed by atoms with van der Waals surface area (Å²) in [6.45, 7) is 3.67. The van der Waals surface area contributed by atoms with Gasteiger partial charge in [-0.1, -0.05) is 11.6 Å². The molecule has 1 amide bonds. The summed E-state index contributed by atoms with van der Waals surface area (Å²) < 4.78 is 1.78. The molecule has 0 N–H and O–H groups in total. The van der Waals surface area contributed by atoms with Gasteiger partial charge in [0.2, 0.25) is 0 Å². The van der Waals surface area contributed by atoms with Crippen LogP contribution in [0.4, 0.5) is 11.4 Å². The first-order valence-electron chi connectivity index (χ1n) is 8.56. The number of amides is 1. The predicted molar refractivity (Wildman–Crippen MR) is 114 cm³/mol. The van der Waals surface area contributed by atoms with Crippen molar-refractivity contribution in [1.82, 2.24) is 9.78 Å². The Kier molecular flexibility index (Phi) is 4.14. The van der Waals surface area contributed by atoms with E-state index in [1.807, 2.05) is 50.1 Å². The molecule has 8 heteroatoms. The molecule has 4 rings (SSSR count). The lowest BCUT2D eigenvalue weighted by Crippen LogP contribution is -2.44. The van der Waals surface area contributed by atoms with Crippen molar-refractivity contribution in [3.8, 4) is 6.07 Å². The maximum atomic E-state index is 13.2. The van der Waals surface area contributed by atoms with Crippen LogP contribution >= 0.6 is 23.8 Å². The summed E-state index contributed by atoms with van der Waals surface area (Å²) in [6, 6.07) is 12.7. The van der Waals surface area contributed by atoms with Crippen LogP contribution in [0.1, 0.15) is 19.4 Å². The molecule has 3 aromatic rings. The molecular formula is C20H16ClN5OS. The van der Waals surface area contributed by atoms with E-state index in [1.54, 1.807) is 29.1 Å². The molecule has 1 saturated heterocycles. The maximum Gasteiger partial charge on any atom is 0.259 e. The third-order valence-corrected chi connectivity index (χ3v) is 5.67. The number of fused-ring (bicyclic) bond motifs is 1. The normalized spacial score (nSPS) is 16.1. The van der Waals surface area contributed by atoms with E-state index in [4.69, 9.17) is 29.1 Å². The Hall–Kier alpha value is -2.95. The highest BCUT2D eigenvalue weighted by atomic mass is 35.5. The quantitative estimate of drug-likeness (QED) is 0.598. The highest BCUT2D eigenvalue weighted by Crippen LogP contribution is 2.38. The first-order chi connectivity index (χ1) is 13.3. The lowest BCUT2D eigenvalue weighted by atomic mass is 10.0. The molecule has 0 saturated carbocycles. The molecule has 1 aromatic heterocycles. The monoisotopic (exact) mass is 409 g/mol. The second-order valence-corrected chi connectivity index (χ2v) is 7.88. The van der Waals surface area contributed by atoms with Crippen molar-refractivity contribution in [3.05, 3.63) is 53.2 Å². The summed E-state index contributed by atoms with van der Waals surface area (Å²) in [5.74, 6) is -0.164. The molecule has 28 heavy (non-hydrogen) atoms. The standard InChI is InChI=1S/C20H16ClN5OS/c1-20(2)18(27)25(14-6-4-12(10-22)16(21)8-14)19(28)26(20)15-7-5-13-11-23-24(3)17(13)9-15/h4-9,11H,1-3H3. The van der Waals surface area contributed by atoms with Gasteiger partial charge in [0.15, 0.2) is 5.11 Å². The molecular weight excluding hydrogens is 394 g/mol. The number of hydrogen-bond donors (Lipinski definition) is 0. The predicted octanol–water partition coefficient (Wildman–Crippen LogP) is 4.02. The Morgan fingerprint density at radius 3 is 2.57 bits per heavy atom. The summed E-state index contributed by atoms with van der Waals surface area (Å²) in [6.07, 6.45) is 1.79. The van der Waals surface area contributed by atoms with Crippen LogP contribution in [-0.4, -0.2) is 26.3 Å². The topological polar surface area (TPSA) is 65.2 Å². The minimum Gasteiger partial charge on any atom is -0.303 e. The Morgan fingerprint density at radius 2 is 1.89 bits per heavy atom. The van der Waals surface area contributed by atoms with Crippen LogP contribution in [0, 0.1) is 11.3 Å². The van der Waals surface area contributed by atoms with Crippen molar-refractivity contribution in [1.29, 1.82) is 5.26 Å². The lowest BCUT2D eigenvalue weighted by molar-refractivity contribution is -0.120. The molecule has 140 valence electrons. The Morgan fingerprint density at radius 1 is 1.18 bits per heavy atom. The van der Waals surface area contributed by atoms with Gasteiger partial charge < -0.3 is 4.90 Å². The highest BCUT2D eigenvalue weighted by Gasteiger charge is 2.50. The van der Waals surface area contributed by atoms with Crippen LogP contribution in [0.25, 0.3) is 10.9 Å². The van der Waals surface area contributed by atoms with Gasteiger partial charge in [-0.25, -0.2) is 0 Å². The van der Waals surface area contributed by atoms with Crippen molar-refractivity contribution in [3.63, 3.8) is 0 Å². The second kappa shape index (κ2) is 6.30. The average Bonchev–Trinajstić information content (AvgIpc) is 3.10. The van der Waals surface area contributed by atoms with E-state index < -0.39 is 5.54 Å². The molecule has 6 nitrogen and oxygen atoms in total. The fourth-order valence-corrected chi connectivity index (χ4v) is 4.20. The third kappa shape index (κ3) is 2.57. The minimum absolute atomic E-state index is 0.164. The van der Waals surface area contributed by atoms with Crippen LogP contribution in [0.5, 0.6) is 0 Å². The number of benzene rings is 2. The zero-order chi connectivity index (χ0) is 20.2. The van der Waals surface area contributed by atoms with Gasteiger partial charge in [0, 0.05) is 18.1 Å². The van der Waals surface area contributed by atoms with Gasteiger partial charge in [0.1, 0.15) is 11.6 Å². The van der Waals surface area contributed by atoms with Crippen molar-refractivity contribution < 1.29 is 4.79 Å². The van der Waals surface area contributed by atoms with Gasteiger partial charge in [0.05, 0.1) is 28.0 Å². The van der Waals surface area contributed by atoms with Crippen molar-refractivity contribution in [2.45, 2.75) is 19.4 Å². The number of carbonyl (C=O) groups is 1. The van der Waals surface area contributed by atoms with E-state index in [0.717, 1.165) is 16.6 Å². The Labute approximate surface area is 172 Å². The van der Waals surface area contributed by atoms with Crippen LogP contribution in [0.3, 0.4) is 0 Å². The van der Waals surface area contributed by atoms with Crippen molar-refractivity contribution in [2.75, 3.05) is 9.80 Å². The van der Waals surface area contributed by atoms with Gasteiger partial charge in [0.25, 0.3) is 5.91 Å². The van der Waals surface area contributed by atoms with Gasteiger partial charge in [-0.05, 0) is 62.5 Å². The number of aromatic nitrogens is 2. The summed E-state index contributed by atoms with van der Waals surface area (Å²) >= 11 is 11.9. The number of nitriles is 1. The smallest absolute Gasteiger partial charge is 0.259 e. The van der Waals surface area contributed by atoms with Crippen molar-refractivity contribution >= 4 is 57.1 Å². The molecule has 0 spiro atoms. The van der Waals surface area contributed by atoms with Crippen LogP contribution < -0.4 is 9.80 Å². The molecule has 0 atom stereocenters. The lowest BCUT2D eigenvalue weighted by Gasteiger charge is -2.29. The van der Waals surface area contributed by atoms with E-state index in [0.29, 0.717) is 16.4 Å². The summed E-state index contributed by atoms with van der Waals surface area (Å²) in [5.41, 5.74) is 1.76. The molecule has 0 aliphatic carbocycles. The van der Waals surface area contributed by atoms with E-state index in [-0.39, 0.29) is 10.9 Å². The summed E-state index contributed by atoms with van der Waals surface area (Å²) in [4.78, 5) is 16.5. The number of halogens is 1. The van der Waals surface area contributed by atoms with E-state index in [2.05, 4.69) is 5.10 Å². The highest BCUT2D eigenvalue weighted by molar-refractivity contribution is 7.81. The summed E-state index contributed by atoms with van der Waals surface area (Å²) in [5, 5.41) is 15.0.